The quantitative estimate of drug-likeness (QED) is 0.635. The molecule has 0 bridgehead atoms. The van der Waals surface area contributed by atoms with Gasteiger partial charge >= 0.3 is 0 Å². The van der Waals surface area contributed by atoms with Crippen molar-refractivity contribution in [1.82, 2.24) is 0 Å². The molecule has 2 atom stereocenters. The van der Waals surface area contributed by atoms with Crippen molar-refractivity contribution in [3.63, 3.8) is 0 Å². The third-order valence-electron chi connectivity index (χ3n) is 3.18. The Labute approximate surface area is 99.4 Å². The van der Waals surface area contributed by atoms with Crippen molar-refractivity contribution in [2.75, 3.05) is 0 Å². The lowest BCUT2D eigenvalue weighted by molar-refractivity contribution is 0.420. The van der Waals surface area contributed by atoms with Crippen LogP contribution in [0.2, 0.25) is 0 Å². The standard InChI is InChI=1S/C16H22/c1-16(2,3)11-7-10-14-12-15(14)13-8-5-4-6-9-13/h4-10,14-15H,11-12H2,1-3H3/b10-7+/t14-,15+/m1/s1. The number of hydrogen-bond acceptors (Lipinski definition) is 0. The predicted molar refractivity (Wildman–Crippen MR) is 70.5 cm³/mol. The van der Waals surface area contributed by atoms with Gasteiger partial charge in [0.15, 0.2) is 0 Å². The van der Waals surface area contributed by atoms with Crippen LogP contribution < -0.4 is 0 Å². The maximum atomic E-state index is 2.42. The van der Waals surface area contributed by atoms with E-state index in [9.17, 15) is 0 Å². The normalized spacial score (nSPS) is 24.9. The van der Waals surface area contributed by atoms with Crippen molar-refractivity contribution in [1.29, 1.82) is 0 Å². The van der Waals surface area contributed by atoms with Gasteiger partial charge in [-0.15, -0.1) is 0 Å². The Bertz CT molecular complexity index is 353. The van der Waals surface area contributed by atoms with Crippen molar-refractivity contribution in [3.8, 4) is 0 Å². The van der Waals surface area contributed by atoms with Gasteiger partial charge in [-0.25, -0.2) is 0 Å². The minimum Gasteiger partial charge on any atom is -0.0877 e. The molecule has 0 amide bonds. The van der Waals surface area contributed by atoms with Crippen molar-refractivity contribution in [3.05, 3.63) is 48.0 Å². The molecule has 0 aromatic heterocycles. The molecule has 2 rings (SSSR count). The van der Waals surface area contributed by atoms with Crippen LogP contribution in [0.4, 0.5) is 0 Å². The van der Waals surface area contributed by atoms with E-state index in [-0.39, 0.29) is 0 Å². The zero-order valence-corrected chi connectivity index (χ0v) is 10.6. The van der Waals surface area contributed by atoms with Crippen molar-refractivity contribution >= 4 is 0 Å². The summed E-state index contributed by atoms with van der Waals surface area (Å²) in [7, 11) is 0. The molecule has 0 N–H and O–H groups in total. The molecule has 16 heavy (non-hydrogen) atoms. The molecule has 0 unspecified atom stereocenters. The molecule has 1 fully saturated rings. The van der Waals surface area contributed by atoms with Crippen molar-refractivity contribution < 1.29 is 0 Å². The lowest BCUT2D eigenvalue weighted by atomic mass is 9.92. The minimum absolute atomic E-state index is 0.424. The average Bonchev–Trinajstić information content (AvgIpc) is 2.97. The van der Waals surface area contributed by atoms with Crippen molar-refractivity contribution in [2.45, 2.75) is 39.5 Å². The first-order chi connectivity index (χ1) is 7.56. The van der Waals surface area contributed by atoms with E-state index >= 15 is 0 Å². The zero-order chi connectivity index (χ0) is 11.6. The molecule has 1 aliphatic carbocycles. The lowest BCUT2D eigenvalue weighted by Gasteiger charge is -2.14. The lowest BCUT2D eigenvalue weighted by Crippen LogP contribution is -2.01. The second-order valence-electron chi connectivity index (χ2n) is 6.11. The fourth-order valence-electron chi connectivity index (χ4n) is 2.11. The van der Waals surface area contributed by atoms with E-state index in [1.165, 1.54) is 18.4 Å². The molecule has 86 valence electrons. The number of hydrogen-bond donors (Lipinski definition) is 0. The van der Waals surface area contributed by atoms with Crippen LogP contribution in [0.25, 0.3) is 0 Å². The third-order valence-corrected chi connectivity index (χ3v) is 3.18. The Hall–Kier alpha value is -1.04. The van der Waals surface area contributed by atoms with Gasteiger partial charge in [-0.3, -0.25) is 0 Å². The van der Waals surface area contributed by atoms with E-state index in [1.807, 2.05) is 0 Å². The average molecular weight is 214 g/mol. The summed E-state index contributed by atoms with van der Waals surface area (Å²) < 4.78 is 0. The first-order valence-corrected chi connectivity index (χ1v) is 6.28. The summed E-state index contributed by atoms with van der Waals surface area (Å²) in [5, 5.41) is 0. The van der Waals surface area contributed by atoms with Gasteiger partial charge in [0.05, 0.1) is 0 Å². The van der Waals surface area contributed by atoms with Gasteiger partial charge in [0.2, 0.25) is 0 Å². The maximum absolute atomic E-state index is 2.42. The van der Waals surface area contributed by atoms with Gasteiger partial charge < -0.3 is 0 Å². The molecule has 0 saturated heterocycles. The molecule has 1 aromatic rings. The maximum Gasteiger partial charge on any atom is -0.00930 e. The van der Waals surface area contributed by atoms with E-state index in [4.69, 9.17) is 0 Å². The Balaban J connectivity index is 1.84. The second kappa shape index (κ2) is 4.45. The fourth-order valence-corrected chi connectivity index (χ4v) is 2.11. The Morgan fingerprint density at radius 3 is 2.50 bits per heavy atom. The number of benzene rings is 1. The van der Waals surface area contributed by atoms with Gasteiger partial charge in [0.1, 0.15) is 0 Å². The molecular weight excluding hydrogens is 192 g/mol. The Morgan fingerprint density at radius 2 is 1.88 bits per heavy atom. The van der Waals surface area contributed by atoms with Gasteiger partial charge in [0, 0.05) is 0 Å². The van der Waals surface area contributed by atoms with Crippen molar-refractivity contribution in [2.24, 2.45) is 11.3 Å². The van der Waals surface area contributed by atoms with Crippen LogP contribution in [-0.2, 0) is 0 Å². The molecule has 0 spiro atoms. The Kier molecular flexibility index (Phi) is 3.18. The molecule has 0 radical (unpaired) electrons. The van der Waals surface area contributed by atoms with Gasteiger partial charge in [-0.1, -0.05) is 63.3 Å². The second-order valence-corrected chi connectivity index (χ2v) is 6.11. The van der Waals surface area contributed by atoms with E-state index < -0.39 is 0 Å². The van der Waals surface area contributed by atoms with Crippen LogP contribution in [0.5, 0.6) is 0 Å². The van der Waals surface area contributed by atoms with Crippen LogP contribution in [0.15, 0.2) is 42.5 Å². The van der Waals surface area contributed by atoms with Gasteiger partial charge in [0.25, 0.3) is 0 Å². The molecule has 1 aromatic carbocycles. The first kappa shape index (κ1) is 11.4. The largest absolute Gasteiger partial charge is 0.0877 e. The molecule has 0 heteroatoms. The highest BCUT2D eigenvalue weighted by Crippen LogP contribution is 2.48. The fraction of sp³-hybridized carbons (Fsp3) is 0.500. The van der Waals surface area contributed by atoms with Crippen LogP contribution in [0.1, 0.15) is 45.1 Å². The molecule has 1 aliphatic rings. The van der Waals surface area contributed by atoms with E-state index in [1.54, 1.807) is 0 Å². The van der Waals surface area contributed by atoms with E-state index in [0.29, 0.717) is 5.41 Å². The minimum atomic E-state index is 0.424. The van der Waals surface area contributed by atoms with E-state index in [0.717, 1.165) is 11.8 Å². The summed E-state index contributed by atoms with van der Waals surface area (Å²) in [6.45, 7) is 6.87. The molecule has 0 aliphatic heterocycles. The summed E-state index contributed by atoms with van der Waals surface area (Å²) in [4.78, 5) is 0. The zero-order valence-electron chi connectivity index (χ0n) is 10.6. The van der Waals surface area contributed by atoms with Gasteiger partial charge in [-0.05, 0) is 35.7 Å². The monoisotopic (exact) mass is 214 g/mol. The number of rotatable bonds is 3. The van der Waals surface area contributed by atoms with Crippen LogP contribution in [-0.4, -0.2) is 0 Å². The van der Waals surface area contributed by atoms with Gasteiger partial charge in [-0.2, -0.15) is 0 Å². The summed E-state index contributed by atoms with van der Waals surface area (Å²) in [6, 6.07) is 10.9. The SMILES string of the molecule is CC(C)(C)C/C=C/[C@@H]1C[C@H]1c1ccccc1. The highest BCUT2D eigenvalue weighted by molar-refractivity contribution is 5.28. The summed E-state index contributed by atoms with van der Waals surface area (Å²) in [5.74, 6) is 1.59. The highest BCUT2D eigenvalue weighted by atomic mass is 14.4. The highest BCUT2D eigenvalue weighted by Gasteiger charge is 2.35. The smallest absolute Gasteiger partial charge is 0.00930 e. The summed E-state index contributed by atoms with van der Waals surface area (Å²) in [6.07, 6.45) is 7.31. The van der Waals surface area contributed by atoms with Crippen LogP contribution in [0.3, 0.4) is 0 Å². The first-order valence-electron chi connectivity index (χ1n) is 6.28. The number of allylic oxidation sites excluding steroid dienone is 2. The Morgan fingerprint density at radius 1 is 1.19 bits per heavy atom. The van der Waals surface area contributed by atoms with Crippen LogP contribution >= 0.6 is 0 Å². The predicted octanol–water partition coefficient (Wildman–Crippen LogP) is 4.78. The molecule has 0 nitrogen and oxygen atoms in total. The summed E-state index contributed by atoms with van der Waals surface area (Å²) in [5.41, 5.74) is 1.93. The third kappa shape index (κ3) is 3.23. The topological polar surface area (TPSA) is 0 Å². The molecule has 0 heterocycles. The summed E-state index contributed by atoms with van der Waals surface area (Å²) >= 11 is 0. The van der Waals surface area contributed by atoms with E-state index in [2.05, 4.69) is 63.3 Å². The molecular formula is C16H22. The molecule has 1 saturated carbocycles. The van der Waals surface area contributed by atoms with Crippen LogP contribution in [0, 0.1) is 11.3 Å².